The van der Waals surface area contributed by atoms with E-state index in [1.807, 2.05) is 19.2 Å². The predicted octanol–water partition coefficient (Wildman–Crippen LogP) is 1.94. The van der Waals surface area contributed by atoms with Crippen LogP contribution in [0.5, 0.6) is 0 Å². The van der Waals surface area contributed by atoms with Gasteiger partial charge in [-0.15, -0.1) is 0 Å². The molecule has 1 atom stereocenters. The van der Waals surface area contributed by atoms with Crippen LogP contribution in [0, 0.1) is 0 Å². The van der Waals surface area contributed by atoms with Gasteiger partial charge in [0, 0.05) is 24.0 Å². The minimum atomic E-state index is -0.178. The van der Waals surface area contributed by atoms with Crippen molar-refractivity contribution in [3.63, 3.8) is 0 Å². The van der Waals surface area contributed by atoms with Gasteiger partial charge in [-0.3, -0.25) is 9.48 Å². The normalized spacial score (nSPS) is 12.1. The summed E-state index contributed by atoms with van der Waals surface area (Å²) in [5.74, 6) is -0.178. The lowest BCUT2D eigenvalue weighted by Crippen LogP contribution is -2.35. The SMILES string of the molecule is CC(Cn1cccn1)NC(=O)c1ccc(Cl)c(N)c1. The third-order valence-corrected chi connectivity index (χ3v) is 3.00. The molecule has 2 aromatic rings. The molecule has 2 rings (SSSR count). The highest BCUT2D eigenvalue weighted by molar-refractivity contribution is 6.33. The van der Waals surface area contributed by atoms with Crippen molar-refractivity contribution in [3.05, 3.63) is 47.2 Å². The Labute approximate surface area is 116 Å². The Balaban J connectivity index is 1.98. The van der Waals surface area contributed by atoms with E-state index in [-0.39, 0.29) is 11.9 Å². The summed E-state index contributed by atoms with van der Waals surface area (Å²) in [6.07, 6.45) is 3.55. The van der Waals surface area contributed by atoms with Crippen molar-refractivity contribution in [3.8, 4) is 0 Å². The molecule has 0 aliphatic carbocycles. The van der Waals surface area contributed by atoms with E-state index in [1.54, 1.807) is 29.1 Å². The second kappa shape index (κ2) is 5.75. The van der Waals surface area contributed by atoms with Crippen molar-refractivity contribution in [1.29, 1.82) is 0 Å². The van der Waals surface area contributed by atoms with E-state index in [2.05, 4.69) is 10.4 Å². The molecule has 0 bridgehead atoms. The van der Waals surface area contributed by atoms with Crippen LogP contribution in [0.3, 0.4) is 0 Å². The van der Waals surface area contributed by atoms with Crippen molar-refractivity contribution in [2.75, 3.05) is 5.73 Å². The van der Waals surface area contributed by atoms with E-state index in [0.29, 0.717) is 22.8 Å². The number of anilines is 1. The average molecular weight is 279 g/mol. The Hall–Kier alpha value is -2.01. The number of nitrogens with one attached hydrogen (secondary N) is 1. The molecule has 1 amide bonds. The fourth-order valence-corrected chi connectivity index (χ4v) is 1.84. The lowest BCUT2D eigenvalue weighted by molar-refractivity contribution is 0.0936. The minimum absolute atomic E-state index is 0.0377. The molecule has 0 fully saturated rings. The molecule has 1 aromatic heterocycles. The average Bonchev–Trinajstić information content (AvgIpc) is 2.85. The number of carbonyl (C=O) groups excluding carboxylic acids is 1. The first-order valence-corrected chi connectivity index (χ1v) is 6.27. The van der Waals surface area contributed by atoms with Crippen LogP contribution >= 0.6 is 11.6 Å². The molecule has 6 heteroatoms. The Kier molecular flexibility index (Phi) is 4.06. The van der Waals surface area contributed by atoms with E-state index >= 15 is 0 Å². The highest BCUT2D eigenvalue weighted by Gasteiger charge is 2.11. The minimum Gasteiger partial charge on any atom is -0.398 e. The van der Waals surface area contributed by atoms with Crippen LogP contribution in [-0.2, 0) is 6.54 Å². The topological polar surface area (TPSA) is 72.9 Å². The zero-order valence-electron chi connectivity index (χ0n) is 10.5. The molecule has 1 unspecified atom stereocenters. The summed E-state index contributed by atoms with van der Waals surface area (Å²) in [4.78, 5) is 12.0. The maximum atomic E-state index is 12.0. The van der Waals surface area contributed by atoms with Gasteiger partial charge in [-0.2, -0.15) is 5.10 Å². The highest BCUT2D eigenvalue weighted by Crippen LogP contribution is 2.19. The maximum absolute atomic E-state index is 12.0. The molecule has 0 spiro atoms. The van der Waals surface area contributed by atoms with Gasteiger partial charge >= 0.3 is 0 Å². The number of nitrogens with zero attached hydrogens (tertiary/aromatic N) is 2. The molecule has 0 radical (unpaired) electrons. The number of amides is 1. The van der Waals surface area contributed by atoms with E-state index in [0.717, 1.165) is 0 Å². The number of nitrogens with two attached hydrogens (primary N) is 1. The number of hydrogen-bond acceptors (Lipinski definition) is 3. The Morgan fingerprint density at radius 1 is 1.58 bits per heavy atom. The van der Waals surface area contributed by atoms with Gasteiger partial charge in [-0.25, -0.2) is 0 Å². The number of aromatic nitrogens is 2. The molecule has 5 nitrogen and oxygen atoms in total. The Morgan fingerprint density at radius 3 is 3.00 bits per heavy atom. The Bertz CT molecular complexity index is 568. The summed E-state index contributed by atoms with van der Waals surface area (Å²) in [5, 5.41) is 7.42. The van der Waals surface area contributed by atoms with Crippen LogP contribution < -0.4 is 11.1 Å². The molecule has 1 heterocycles. The third kappa shape index (κ3) is 3.48. The van der Waals surface area contributed by atoms with Crippen molar-refractivity contribution in [2.45, 2.75) is 19.5 Å². The van der Waals surface area contributed by atoms with Gasteiger partial charge in [-0.1, -0.05) is 11.6 Å². The second-order valence-electron chi connectivity index (χ2n) is 4.34. The van der Waals surface area contributed by atoms with E-state index in [9.17, 15) is 4.79 Å². The van der Waals surface area contributed by atoms with Gasteiger partial charge in [0.1, 0.15) is 0 Å². The summed E-state index contributed by atoms with van der Waals surface area (Å²) < 4.78 is 1.77. The van der Waals surface area contributed by atoms with Crippen molar-refractivity contribution in [2.24, 2.45) is 0 Å². The smallest absolute Gasteiger partial charge is 0.251 e. The Morgan fingerprint density at radius 2 is 2.37 bits per heavy atom. The number of halogens is 1. The standard InChI is InChI=1S/C13H15ClN4O/c1-9(8-18-6-2-5-16-18)17-13(19)10-3-4-11(14)12(15)7-10/h2-7,9H,8,15H2,1H3,(H,17,19). The van der Waals surface area contributed by atoms with Gasteiger partial charge in [-0.05, 0) is 31.2 Å². The van der Waals surface area contributed by atoms with Crippen LogP contribution in [0.1, 0.15) is 17.3 Å². The first kappa shape index (κ1) is 13.4. The van der Waals surface area contributed by atoms with Crippen LogP contribution in [0.15, 0.2) is 36.7 Å². The molecular weight excluding hydrogens is 264 g/mol. The first-order chi connectivity index (χ1) is 9.06. The molecule has 1 aromatic carbocycles. The molecule has 0 saturated carbocycles. The maximum Gasteiger partial charge on any atom is 0.251 e. The highest BCUT2D eigenvalue weighted by atomic mass is 35.5. The van der Waals surface area contributed by atoms with Gasteiger partial charge in [0.05, 0.1) is 17.3 Å². The van der Waals surface area contributed by atoms with Crippen LogP contribution in [-0.4, -0.2) is 21.7 Å². The molecule has 0 aliphatic heterocycles. The van der Waals surface area contributed by atoms with Gasteiger partial charge in [0.2, 0.25) is 0 Å². The number of hydrogen-bond donors (Lipinski definition) is 2. The second-order valence-corrected chi connectivity index (χ2v) is 4.75. The summed E-state index contributed by atoms with van der Waals surface area (Å²) in [6.45, 7) is 2.53. The molecule has 3 N–H and O–H groups in total. The third-order valence-electron chi connectivity index (χ3n) is 2.66. The lowest BCUT2D eigenvalue weighted by Gasteiger charge is -2.14. The number of benzene rings is 1. The zero-order valence-corrected chi connectivity index (χ0v) is 11.3. The van der Waals surface area contributed by atoms with Gasteiger partial charge in [0.15, 0.2) is 0 Å². The molecule has 19 heavy (non-hydrogen) atoms. The van der Waals surface area contributed by atoms with Crippen LogP contribution in [0.2, 0.25) is 5.02 Å². The fourth-order valence-electron chi connectivity index (χ4n) is 1.73. The van der Waals surface area contributed by atoms with E-state index in [4.69, 9.17) is 17.3 Å². The summed E-state index contributed by atoms with van der Waals surface area (Å²) in [5.41, 5.74) is 6.56. The van der Waals surface area contributed by atoms with E-state index in [1.165, 1.54) is 0 Å². The first-order valence-electron chi connectivity index (χ1n) is 5.89. The predicted molar refractivity (Wildman–Crippen MR) is 75.0 cm³/mol. The molecular formula is C13H15ClN4O. The summed E-state index contributed by atoms with van der Waals surface area (Å²) in [7, 11) is 0. The van der Waals surface area contributed by atoms with Crippen molar-refractivity contribution < 1.29 is 4.79 Å². The lowest BCUT2D eigenvalue weighted by atomic mass is 10.2. The summed E-state index contributed by atoms with van der Waals surface area (Å²) in [6, 6.07) is 6.63. The molecule has 0 saturated heterocycles. The van der Waals surface area contributed by atoms with Crippen LogP contribution in [0.25, 0.3) is 0 Å². The number of carbonyl (C=O) groups is 1. The monoisotopic (exact) mass is 278 g/mol. The van der Waals surface area contributed by atoms with Gasteiger partial charge < -0.3 is 11.1 Å². The summed E-state index contributed by atoms with van der Waals surface area (Å²) >= 11 is 5.82. The van der Waals surface area contributed by atoms with E-state index < -0.39 is 0 Å². The zero-order chi connectivity index (χ0) is 13.8. The molecule has 0 aliphatic rings. The number of rotatable bonds is 4. The van der Waals surface area contributed by atoms with Crippen molar-refractivity contribution in [1.82, 2.24) is 15.1 Å². The largest absolute Gasteiger partial charge is 0.398 e. The quantitative estimate of drug-likeness (QED) is 0.840. The van der Waals surface area contributed by atoms with Gasteiger partial charge in [0.25, 0.3) is 5.91 Å². The van der Waals surface area contributed by atoms with Crippen LogP contribution in [0.4, 0.5) is 5.69 Å². The number of nitrogen functional groups attached to an aromatic ring is 1. The van der Waals surface area contributed by atoms with Crippen molar-refractivity contribution >= 4 is 23.2 Å². The molecule has 100 valence electrons. The fraction of sp³-hybridized carbons (Fsp3) is 0.231.